The minimum absolute atomic E-state index is 0.253. The van der Waals surface area contributed by atoms with Gasteiger partial charge in [-0.3, -0.25) is 0 Å². The summed E-state index contributed by atoms with van der Waals surface area (Å²) in [6.07, 6.45) is 3.88. The molecule has 1 saturated heterocycles. The van der Waals surface area contributed by atoms with Gasteiger partial charge in [-0.1, -0.05) is 19.1 Å². The maximum atomic E-state index is 5.69. The second kappa shape index (κ2) is 5.63. The van der Waals surface area contributed by atoms with Crippen LogP contribution in [0.2, 0.25) is 0 Å². The first-order chi connectivity index (χ1) is 8.61. The molecule has 4 nitrogen and oxygen atoms in total. The van der Waals surface area contributed by atoms with E-state index in [2.05, 4.69) is 17.2 Å². The molecule has 5 heteroatoms. The second-order valence-corrected chi connectivity index (χ2v) is 5.48. The van der Waals surface area contributed by atoms with Crippen molar-refractivity contribution in [3.63, 3.8) is 0 Å². The van der Waals surface area contributed by atoms with Crippen LogP contribution in [0.5, 0.6) is 0 Å². The molecule has 0 aliphatic carbocycles. The molecule has 0 amide bonds. The highest BCUT2D eigenvalue weighted by Gasteiger charge is 2.27. The van der Waals surface area contributed by atoms with Crippen LogP contribution in [0.1, 0.15) is 25.3 Å². The van der Waals surface area contributed by atoms with Crippen LogP contribution in [0.4, 0.5) is 5.82 Å². The third-order valence-electron chi connectivity index (χ3n) is 3.46. The van der Waals surface area contributed by atoms with Crippen molar-refractivity contribution in [2.45, 2.75) is 19.8 Å². The van der Waals surface area contributed by atoms with Gasteiger partial charge in [-0.05, 0) is 30.4 Å². The van der Waals surface area contributed by atoms with Crippen molar-refractivity contribution < 1.29 is 4.74 Å². The minimum atomic E-state index is 0.253. The molecule has 2 rings (SSSR count). The summed E-state index contributed by atoms with van der Waals surface area (Å²) in [5.74, 6) is 0.776. The number of rotatable bonds is 4. The second-order valence-electron chi connectivity index (χ2n) is 5.04. The van der Waals surface area contributed by atoms with E-state index in [1.807, 2.05) is 12.1 Å². The molecule has 1 aliphatic heterocycles. The summed E-state index contributed by atoms with van der Waals surface area (Å²) in [4.78, 5) is 4.68. The molecule has 0 radical (unpaired) electrons. The number of hydrogen-bond donors (Lipinski definition) is 2. The fraction of sp³-hybridized carbons (Fsp3) is 0.538. The Bertz CT molecular complexity index is 430. The van der Waals surface area contributed by atoms with E-state index >= 15 is 0 Å². The van der Waals surface area contributed by atoms with Crippen LogP contribution in [-0.2, 0) is 4.74 Å². The lowest BCUT2D eigenvalue weighted by Gasteiger charge is -2.33. The van der Waals surface area contributed by atoms with E-state index in [-0.39, 0.29) is 5.41 Å². The van der Waals surface area contributed by atoms with Crippen LogP contribution in [-0.4, -0.2) is 29.7 Å². The molecule has 1 aromatic rings. The Kier molecular flexibility index (Phi) is 4.14. The molecule has 18 heavy (non-hydrogen) atoms. The van der Waals surface area contributed by atoms with E-state index in [1.165, 1.54) is 0 Å². The van der Waals surface area contributed by atoms with Crippen LogP contribution in [0, 0.1) is 5.41 Å². The molecule has 0 saturated carbocycles. The maximum absolute atomic E-state index is 5.69. The SMILES string of the molecule is CC1(CNc2ncccc2C(N)=S)CCOCC1. The summed E-state index contributed by atoms with van der Waals surface area (Å²) < 4.78 is 5.39. The number of pyridine rings is 1. The molecule has 0 unspecified atom stereocenters. The highest BCUT2D eigenvalue weighted by atomic mass is 32.1. The van der Waals surface area contributed by atoms with Gasteiger partial charge in [0, 0.05) is 26.0 Å². The third kappa shape index (κ3) is 3.17. The Morgan fingerprint density at radius 2 is 2.28 bits per heavy atom. The number of hydrogen-bond acceptors (Lipinski definition) is 4. The zero-order valence-corrected chi connectivity index (χ0v) is 11.4. The smallest absolute Gasteiger partial charge is 0.136 e. The quantitative estimate of drug-likeness (QED) is 0.815. The fourth-order valence-corrected chi connectivity index (χ4v) is 2.25. The summed E-state index contributed by atoms with van der Waals surface area (Å²) in [5, 5.41) is 3.37. The minimum Gasteiger partial charge on any atom is -0.389 e. The summed E-state index contributed by atoms with van der Waals surface area (Å²) in [6, 6.07) is 3.74. The van der Waals surface area contributed by atoms with Gasteiger partial charge in [0.05, 0.1) is 5.56 Å². The predicted octanol–water partition coefficient (Wildman–Crippen LogP) is 1.94. The Morgan fingerprint density at radius 3 is 2.94 bits per heavy atom. The first-order valence-electron chi connectivity index (χ1n) is 6.17. The Hall–Kier alpha value is -1.20. The van der Waals surface area contributed by atoms with Gasteiger partial charge < -0.3 is 15.8 Å². The van der Waals surface area contributed by atoms with Crippen molar-refractivity contribution in [1.29, 1.82) is 0 Å². The molecule has 2 heterocycles. The lowest BCUT2D eigenvalue weighted by atomic mass is 9.82. The van der Waals surface area contributed by atoms with Crippen molar-refractivity contribution in [1.82, 2.24) is 4.98 Å². The van der Waals surface area contributed by atoms with Gasteiger partial charge >= 0.3 is 0 Å². The summed E-state index contributed by atoms with van der Waals surface area (Å²) in [7, 11) is 0. The molecule has 0 spiro atoms. The highest BCUT2D eigenvalue weighted by molar-refractivity contribution is 7.80. The van der Waals surface area contributed by atoms with Gasteiger partial charge in [0.1, 0.15) is 10.8 Å². The molecule has 3 N–H and O–H groups in total. The van der Waals surface area contributed by atoms with E-state index in [9.17, 15) is 0 Å². The van der Waals surface area contributed by atoms with Crippen molar-refractivity contribution in [3.05, 3.63) is 23.9 Å². The van der Waals surface area contributed by atoms with Crippen molar-refractivity contribution >= 4 is 23.0 Å². The zero-order valence-electron chi connectivity index (χ0n) is 10.6. The monoisotopic (exact) mass is 265 g/mol. The molecule has 0 atom stereocenters. The number of nitrogens with two attached hydrogens (primary N) is 1. The number of ether oxygens (including phenoxy) is 1. The number of thiocarbonyl (C=S) groups is 1. The van der Waals surface area contributed by atoms with Crippen molar-refractivity contribution in [2.75, 3.05) is 25.1 Å². The van der Waals surface area contributed by atoms with Crippen LogP contribution < -0.4 is 11.1 Å². The molecule has 1 aliphatic rings. The van der Waals surface area contributed by atoms with Gasteiger partial charge in [0.25, 0.3) is 0 Å². The standard InChI is InChI=1S/C13H19N3OS/c1-13(4-7-17-8-5-13)9-16-12-10(11(14)18)3-2-6-15-12/h2-3,6H,4-5,7-9H2,1H3,(H2,14,18)(H,15,16). The lowest BCUT2D eigenvalue weighted by molar-refractivity contribution is 0.0300. The van der Waals surface area contributed by atoms with Gasteiger partial charge in [0.15, 0.2) is 0 Å². The van der Waals surface area contributed by atoms with E-state index < -0.39 is 0 Å². The average Bonchev–Trinajstić information content (AvgIpc) is 2.38. The Balaban J connectivity index is 2.03. The number of nitrogens with one attached hydrogen (secondary N) is 1. The van der Waals surface area contributed by atoms with Gasteiger partial charge in [0.2, 0.25) is 0 Å². The van der Waals surface area contributed by atoms with Crippen LogP contribution in [0.25, 0.3) is 0 Å². The van der Waals surface area contributed by atoms with Gasteiger partial charge in [-0.2, -0.15) is 0 Å². The number of nitrogens with zero attached hydrogens (tertiary/aromatic N) is 1. The van der Waals surface area contributed by atoms with Crippen molar-refractivity contribution in [2.24, 2.45) is 11.1 Å². The molecular weight excluding hydrogens is 246 g/mol. The molecule has 1 fully saturated rings. The van der Waals surface area contributed by atoms with E-state index in [0.29, 0.717) is 4.99 Å². The fourth-order valence-electron chi connectivity index (χ4n) is 2.08. The maximum Gasteiger partial charge on any atom is 0.136 e. The molecular formula is C13H19N3OS. The van der Waals surface area contributed by atoms with E-state index in [4.69, 9.17) is 22.7 Å². The summed E-state index contributed by atoms with van der Waals surface area (Å²) >= 11 is 5.03. The first-order valence-corrected chi connectivity index (χ1v) is 6.58. The molecule has 0 aromatic carbocycles. The van der Waals surface area contributed by atoms with Crippen LogP contribution >= 0.6 is 12.2 Å². The first kappa shape index (κ1) is 13.2. The number of anilines is 1. The zero-order chi connectivity index (χ0) is 13.0. The predicted molar refractivity (Wildman–Crippen MR) is 76.8 cm³/mol. The molecule has 1 aromatic heterocycles. The van der Waals surface area contributed by atoms with Gasteiger partial charge in [-0.15, -0.1) is 0 Å². The number of aromatic nitrogens is 1. The van der Waals surface area contributed by atoms with E-state index in [0.717, 1.165) is 44.0 Å². The van der Waals surface area contributed by atoms with Gasteiger partial charge in [-0.25, -0.2) is 4.98 Å². The molecule has 0 bridgehead atoms. The lowest BCUT2D eigenvalue weighted by Crippen LogP contribution is -2.33. The van der Waals surface area contributed by atoms with Crippen LogP contribution in [0.3, 0.4) is 0 Å². The largest absolute Gasteiger partial charge is 0.389 e. The Morgan fingerprint density at radius 1 is 1.56 bits per heavy atom. The summed E-state index contributed by atoms with van der Waals surface area (Å²) in [5.41, 5.74) is 6.75. The average molecular weight is 265 g/mol. The third-order valence-corrected chi connectivity index (χ3v) is 3.68. The molecule has 98 valence electrons. The normalized spacial score (nSPS) is 18.3. The van der Waals surface area contributed by atoms with Crippen LogP contribution in [0.15, 0.2) is 18.3 Å². The topological polar surface area (TPSA) is 60.2 Å². The van der Waals surface area contributed by atoms with E-state index in [1.54, 1.807) is 6.20 Å². The summed E-state index contributed by atoms with van der Waals surface area (Å²) in [6.45, 7) is 4.81. The highest BCUT2D eigenvalue weighted by Crippen LogP contribution is 2.30. The van der Waals surface area contributed by atoms with Crippen molar-refractivity contribution in [3.8, 4) is 0 Å². The Labute approximate surface area is 113 Å².